The van der Waals surface area contributed by atoms with E-state index in [-0.39, 0.29) is 10.4 Å². The van der Waals surface area contributed by atoms with Crippen molar-refractivity contribution in [3.05, 3.63) is 120 Å². The first-order chi connectivity index (χ1) is 19.0. The Labute approximate surface area is 231 Å². The minimum Gasteiger partial charge on any atom is -0.457 e. The maximum Gasteiger partial charge on any atom is 0.418 e. The van der Waals surface area contributed by atoms with Gasteiger partial charge in [0.05, 0.1) is 21.2 Å². The summed E-state index contributed by atoms with van der Waals surface area (Å²) in [5.41, 5.74) is 2.11. The van der Waals surface area contributed by atoms with Crippen molar-refractivity contribution < 1.29 is 26.3 Å². The van der Waals surface area contributed by atoms with Crippen LogP contribution in [0.2, 0.25) is 0 Å². The van der Waals surface area contributed by atoms with Gasteiger partial charge in [0.25, 0.3) is 0 Å². The maximum absolute atomic E-state index is 13.9. The Hall–Kier alpha value is -4.17. The molecule has 5 rings (SSSR count). The van der Waals surface area contributed by atoms with Gasteiger partial charge in [-0.1, -0.05) is 60.7 Å². The van der Waals surface area contributed by atoms with Crippen molar-refractivity contribution >= 4 is 20.7 Å². The van der Waals surface area contributed by atoms with Gasteiger partial charge < -0.3 is 4.74 Å². The van der Waals surface area contributed by atoms with Crippen molar-refractivity contribution in [2.75, 3.05) is 0 Å². The van der Waals surface area contributed by atoms with E-state index in [4.69, 9.17) is 4.74 Å². The van der Waals surface area contributed by atoms with Crippen LogP contribution in [0.3, 0.4) is 0 Å². The molecule has 204 valence electrons. The third kappa shape index (κ3) is 5.58. The normalized spacial score (nSPS) is 12.2. The van der Waals surface area contributed by atoms with E-state index in [0.717, 1.165) is 17.2 Å². The number of para-hydroxylation sites is 1. The monoisotopic (exact) mass is 561 g/mol. The summed E-state index contributed by atoms with van der Waals surface area (Å²) >= 11 is 0. The van der Waals surface area contributed by atoms with Crippen LogP contribution in [0, 0.1) is 0 Å². The van der Waals surface area contributed by atoms with E-state index in [1.807, 2.05) is 36.4 Å². The molecule has 4 aromatic carbocycles. The Balaban J connectivity index is 1.62. The molecule has 0 atom stereocenters. The number of fused-ring (bicyclic) bond motifs is 1. The largest absolute Gasteiger partial charge is 0.457 e. The predicted octanol–water partition coefficient (Wildman–Crippen LogP) is 8.49. The molecule has 1 heterocycles. The van der Waals surface area contributed by atoms with E-state index >= 15 is 0 Å². The van der Waals surface area contributed by atoms with Crippen LogP contribution in [-0.2, 0) is 22.4 Å². The fourth-order valence-corrected chi connectivity index (χ4v) is 5.71. The first kappa shape index (κ1) is 27.4. The second-order valence-corrected chi connectivity index (χ2v) is 12.2. The lowest BCUT2D eigenvalue weighted by Crippen LogP contribution is -2.13. The lowest BCUT2D eigenvalue weighted by atomic mass is 9.92. The van der Waals surface area contributed by atoms with Gasteiger partial charge in [0, 0.05) is 11.6 Å². The Bertz CT molecular complexity index is 1780. The minimum absolute atomic E-state index is 0.125. The number of nitrogens with zero attached hydrogens (tertiary/aromatic N) is 1. The van der Waals surface area contributed by atoms with Crippen LogP contribution in [0.1, 0.15) is 30.5 Å². The lowest BCUT2D eigenvalue weighted by molar-refractivity contribution is -0.136. The summed E-state index contributed by atoms with van der Waals surface area (Å²) in [5, 5.41) is -0.207. The number of halogens is 3. The number of hydrogen-bond donors (Lipinski definition) is 0. The van der Waals surface area contributed by atoms with Crippen molar-refractivity contribution in [2.45, 2.75) is 36.6 Å². The van der Waals surface area contributed by atoms with E-state index < -0.39 is 26.8 Å². The highest BCUT2D eigenvalue weighted by molar-refractivity contribution is 7.92. The van der Waals surface area contributed by atoms with Crippen molar-refractivity contribution in [1.29, 1.82) is 0 Å². The van der Waals surface area contributed by atoms with E-state index in [9.17, 15) is 21.6 Å². The molecule has 0 aliphatic carbocycles. The fraction of sp³-hybridized carbons (Fsp3) is 0.156. The van der Waals surface area contributed by atoms with E-state index in [1.165, 1.54) is 24.4 Å². The van der Waals surface area contributed by atoms with Gasteiger partial charge >= 0.3 is 6.18 Å². The number of aromatic nitrogens is 1. The summed E-state index contributed by atoms with van der Waals surface area (Å²) in [6, 6.07) is 27.0. The average Bonchev–Trinajstić information content (AvgIpc) is 2.93. The number of rotatable bonds is 7. The molecule has 40 heavy (non-hydrogen) atoms. The second-order valence-electron chi connectivity index (χ2n) is 9.72. The van der Waals surface area contributed by atoms with Crippen molar-refractivity contribution in [2.24, 2.45) is 0 Å². The quantitative estimate of drug-likeness (QED) is 0.200. The topological polar surface area (TPSA) is 56.3 Å². The lowest BCUT2D eigenvalue weighted by Gasteiger charge is -2.17. The molecule has 0 bridgehead atoms. The molecule has 0 spiro atoms. The predicted molar refractivity (Wildman–Crippen MR) is 150 cm³/mol. The highest BCUT2D eigenvalue weighted by atomic mass is 32.2. The van der Waals surface area contributed by atoms with Crippen molar-refractivity contribution in [1.82, 2.24) is 4.98 Å². The molecule has 0 saturated heterocycles. The highest BCUT2D eigenvalue weighted by Crippen LogP contribution is 2.40. The molecule has 8 heteroatoms. The fourth-order valence-electron chi connectivity index (χ4n) is 4.62. The van der Waals surface area contributed by atoms with Crippen LogP contribution in [0.4, 0.5) is 13.2 Å². The molecule has 0 saturated carbocycles. The maximum atomic E-state index is 13.9. The van der Waals surface area contributed by atoms with Gasteiger partial charge in [-0.05, 0) is 78.9 Å². The zero-order valence-electron chi connectivity index (χ0n) is 21.8. The van der Waals surface area contributed by atoms with Gasteiger partial charge in [0.1, 0.15) is 11.5 Å². The summed E-state index contributed by atoms with van der Waals surface area (Å²) in [4.78, 5) is 4.41. The number of benzene rings is 4. The Morgan fingerprint density at radius 3 is 2.20 bits per heavy atom. The number of sulfone groups is 1. The van der Waals surface area contributed by atoms with E-state index in [0.29, 0.717) is 34.4 Å². The van der Waals surface area contributed by atoms with Crippen molar-refractivity contribution in [3.63, 3.8) is 0 Å². The van der Waals surface area contributed by atoms with Gasteiger partial charge in [0.2, 0.25) is 0 Å². The van der Waals surface area contributed by atoms with Crippen LogP contribution in [0.15, 0.2) is 108 Å². The molecule has 0 unspecified atom stereocenters. The SMILES string of the molecule is CC(C)S(=O)(=O)c1cccc(Oc2cccc(-c3c(Cc4ccccc4)cnc4c(C(F)(F)F)cccc34)c2)c1. The highest BCUT2D eigenvalue weighted by Gasteiger charge is 2.33. The number of ether oxygens (including phenoxy) is 1. The molecular formula is C32H26F3NO3S. The smallest absolute Gasteiger partial charge is 0.418 e. The summed E-state index contributed by atoms with van der Waals surface area (Å²) in [7, 11) is -3.50. The third-order valence-electron chi connectivity index (χ3n) is 6.63. The first-order valence-electron chi connectivity index (χ1n) is 12.7. The minimum atomic E-state index is -4.56. The van der Waals surface area contributed by atoms with E-state index in [1.54, 1.807) is 50.2 Å². The number of alkyl halides is 3. The molecule has 0 aliphatic heterocycles. The summed E-state index contributed by atoms with van der Waals surface area (Å²) < 4.78 is 72.9. The van der Waals surface area contributed by atoms with Gasteiger partial charge in [-0.15, -0.1) is 0 Å². The molecule has 5 aromatic rings. The summed E-state index contributed by atoms with van der Waals surface area (Å²) in [6.45, 7) is 3.23. The van der Waals surface area contributed by atoms with Crippen LogP contribution in [0.5, 0.6) is 11.5 Å². The Kier molecular flexibility index (Phi) is 7.38. The Morgan fingerprint density at radius 1 is 0.825 bits per heavy atom. The zero-order valence-corrected chi connectivity index (χ0v) is 22.6. The standard InChI is InChI=1S/C32H26F3NO3S/c1-21(2)40(37,38)27-14-7-13-26(19-27)39-25-12-6-11-23(18-25)30-24(17-22-9-4-3-5-10-22)20-36-31-28(30)15-8-16-29(31)32(33,34)35/h3-16,18-21H,17H2,1-2H3. The van der Waals surface area contributed by atoms with Crippen LogP contribution in [0.25, 0.3) is 22.0 Å². The molecule has 1 aromatic heterocycles. The van der Waals surface area contributed by atoms with Crippen LogP contribution < -0.4 is 4.74 Å². The zero-order chi connectivity index (χ0) is 28.5. The molecule has 0 N–H and O–H groups in total. The van der Waals surface area contributed by atoms with Crippen LogP contribution in [-0.4, -0.2) is 18.7 Å². The molecule has 0 radical (unpaired) electrons. The second kappa shape index (κ2) is 10.8. The average molecular weight is 562 g/mol. The van der Waals surface area contributed by atoms with Crippen molar-refractivity contribution in [3.8, 4) is 22.6 Å². The first-order valence-corrected chi connectivity index (χ1v) is 14.2. The summed E-state index contributed by atoms with van der Waals surface area (Å²) in [6.07, 6.45) is -2.58. The van der Waals surface area contributed by atoms with E-state index in [2.05, 4.69) is 4.98 Å². The molecule has 0 aliphatic rings. The van der Waals surface area contributed by atoms with Gasteiger partial charge in [-0.25, -0.2) is 8.42 Å². The van der Waals surface area contributed by atoms with Gasteiger partial charge in [0.15, 0.2) is 9.84 Å². The molecule has 4 nitrogen and oxygen atoms in total. The molecule has 0 amide bonds. The van der Waals surface area contributed by atoms with Gasteiger partial charge in [-0.2, -0.15) is 13.2 Å². The summed E-state index contributed by atoms with van der Waals surface area (Å²) in [5.74, 6) is 0.751. The van der Waals surface area contributed by atoms with Gasteiger partial charge in [-0.3, -0.25) is 4.98 Å². The molecular weight excluding hydrogens is 535 g/mol. The van der Waals surface area contributed by atoms with Crippen LogP contribution >= 0.6 is 0 Å². The third-order valence-corrected chi connectivity index (χ3v) is 8.78. The number of hydrogen-bond acceptors (Lipinski definition) is 4. The number of pyridine rings is 1. The molecule has 0 fully saturated rings. The Morgan fingerprint density at radius 2 is 1.50 bits per heavy atom.